The first-order valence-electron chi connectivity index (χ1n) is 8.86. The van der Waals surface area contributed by atoms with Gasteiger partial charge in [-0.05, 0) is 30.7 Å². The molecule has 0 saturated heterocycles. The van der Waals surface area contributed by atoms with Gasteiger partial charge in [-0.25, -0.2) is 4.79 Å². The predicted octanol–water partition coefficient (Wildman–Crippen LogP) is 2.95. The second kappa shape index (κ2) is 8.90. The van der Waals surface area contributed by atoms with Gasteiger partial charge in [-0.15, -0.1) is 0 Å². The van der Waals surface area contributed by atoms with Crippen molar-refractivity contribution in [3.63, 3.8) is 0 Å². The number of fused-ring (bicyclic) bond motifs is 1. The van der Waals surface area contributed by atoms with Crippen LogP contribution in [-0.2, 0) is 14.3 Å². The van der Waals surface area contributed by atoms with Gasteiger partial charge in [-0.2, -0.15) is 0 Å². The third kappa shape index (κ3) is 4.59. The van der Waals surface area contributed by atoms with E-state index in [1.165, 1.54) is 12.1 Å². The number of benzene rings is 2. The molecule has 2 aromatic carbocycles. The van der Waals surface area contributed by atoms with Crippen molar-refractivity contribution in [1.29, 1.82) is 0 Å². The summed E-state index contributed by atoms with van der Waals surface area (Å²) in [6.45, 7) is 2.39. The molecule has 0 spiro atoms. The Balaban J connectivity index is 1.64. The lowest BCUT2D eigenvalue weighted by Crippen LogP contribution is -2.29. The average molecular weight is 384 g/mol. The van der Waals surface area contributed by atoms with Crippen LogP contribution in [0.2, 0.25) is 0 Å². The fourth-order valence-corrected chi connectivity index (χ4v) is 2.50. The molecule has 0 unspecified atom stereocenters. The zero-order valence-corrected chi connectivity index (χ0v) is 15.3. The molecule has 1 aliphatic heterocycles. The zero-order valence-electron chi connectivity index (χ0n) is 15.3. The smallest absolute Gasteiger partial charge is 0.340 e. The highest BCUT2D eigenvalue weighted by molar-refractivity contribution is 6.44. The van der Waals surface area contributed by atoms with E-state index in [4.69, 9.17) is 14.2 Å². The second-order valence-corrected chi connectivity index (χ2v) is 6.01. The Morgan fingerprint density at radius 2 is 1.75 bits per heavy atom. The lowest BCUT2D eigenvalue weighted by molar-refractivity contribution is -0.133. The molecule has 1 heterocycles. The van der Waals surface area contributed by atoms with Gasteiger partial charge in [0.1, 0.15) is 0 Å². The highest BCUT2D eigenvalue weighted by atomic mass is 16.7. The summed E-state index contributed by atoms with van der Waals surface area (Å²) >= 11 is 0. The predicted molar refractivity (Wildman–Crippen MR) is 101 cm³/mol. The standard InChI is InChI=1S/C20H20N2O6/c1-2-3-10-26-20(25)14-6-4-5-7-15(14)22-19(24)18(23)21-13-8-9-16-17(11-13)28-12-27-16/h4-9,11H,2-3,10,12H2,1H3,(H,21,23)(H,22,24). The van der Waals surface area contributed by atoms with Crippen LogP contribution in [0.1, 0.15) is 30.1 Å². The summed E-state index contributed by atoms with van der Waals surface area (Å²) in [5.41, 5.74) is 0.773. The van der Waals surface area contributed by atoms with E-state index in [0.29, 0.717) is 23.8 Å². The minimum Gasteiger partial charge on any atom is -0.462 e. The Morgan fingerprint density at radius 3 is 2.57 bits per heavy atom. The van der Waals surface area contributed by atoms with Crippen LogP contribution in [0.15, 0.2) is 42.5 Å². The van der Waals surface area contributed by atoms with Crippen LogP contribution in [0.3, 0.4) is 0 Å². The number of ether oxygens (including phenoxy) is 3. The van der Waals surface area contributed by atoms with Crippen LogP contribution in [0.4, 0.5) is 11.4 Å². The third-order valence-electron chi connectivity index (χ3n) is 3.96. The van der Waals surface area contributed by atoms with Gasteiger partial charge in [-0.1, -0.05) is 25.5 Å². The lowest BCUT2D eigenvalue weighted by Gasteiger charge is -2.11. The Morgan fingerprint density at radius 1 is 1.00 bits per heavy atom. The van der Waals surface area contributed by atoms with Crippen molar-refractivity contribution in [2.24, 2.45) is 0 Å². The zero-order chi connectivity index (χ0) is 19.9. The maximum absolute atomic E-state index is 12.3. The summed E-state index contributed by atoms with van der Waals surface area (Å²) in [4.78, 5) is 36.6. The minimum atomic E-state index is -0.911. The monoisotopic (exact) mass is 384 g/mol. The first-order valence-corrected chi connectivity index (χ1v) is 8.86. The summed E-state index contributed by atoms with van der Waals surface area (Å²) in [6.07, 6.45) is 1.64. The Kier molecular flexibility index (Phi) is 6.11. The normalized spacial score (nSPS) is 11.6. The number of anilines is 2. The molecule has 2 N–H and O–H groups in total. The first-order chi connectivity index (χ1) is 13.6. The molecule has 2 aromatic rings. The first kappa shape index (κ1) is 19.2. The number of amides is 2. The van der Waals surface area contributed by atoms with Gasteiger partial charge in [0, 0.05) is 11.8 Å². The number of para-hydroxylation sites is 1. The SMILES string of the molecule is CCCCOC(=O)c1ccccc1NC(=O)C(=O)Nc1ccc2c(c1)OCO2. The van der Waals surface area contributed by atoms with Crippen molar-refractivity contribution in [3.05, 3.63) is 48.0 Å². The van der Waals surface area contributed by atoms with Gasteiger partial charge < -0.3 is 24.8 Å². The van der Waals surface area contributed by atoms with Gasteiger partial charge in [0.2, 0.25) is 6.79 Å². The third-order valence-corrected chi connectivity index (χ3v) is 3.96. The minimum absolute atomic E-state index is 0.109. The van der Waals surface area contributed by atoms with E-state index >= 15 is 0 Å². The fourth-order valence-electron chi connectivity index (χ4n) is 2.50. The quantitative estimate of drug-likeness (QED) is 0.451. The highest BCUT2D eigenvalue weighted by Crippen LogP contribution is 2.34. The Hall–Kier alpha value is -3.55. The van der Waals surface area contributed by atoms with Crippen molar-refractivity contribution in [3.8, 4) is 11.5 Å². The molecule has 3 rings (SSSR count). The number of esters is 1. The number of hydrogen-bond donors (Lipinski definition) is 2. The van der Waals surface area contributed by atoms with Crippen molar-refractivity contribution >= 4 is 29.2 Å². The van der Waals surface area contributed by atoms with E-state index in [1.54, 1.807) is 30.3 Å². The molecule has 0 fully saturated rings. The van der Waals surface area contributed by atoms with Crippen LogP contribution in [0, 0.1) is 0 Å². The molecule has 0 aliphatic carbocycles. The van der Waals surface area contributed by atoms with Crippen LogP contribution in [-0.4, -0.2) is 31.2 Å². The average Bonchev–Trinajstić information content (AvgIpc) is 3.16. The summed E-state index contributed by atoms with van der Waals surface area (Å²) in [5, 5.41) is 4.93. The van der Waals surface area contributed by atoms with Crippen LogP contribution in [0.5, 0.6) is 11.5 Å². The van der Waals surface area contributed by atoms with Crippen molar-refractivity contribution < 1.29 is 28.6 Å². The number of hydrogen-bond acceptors (Lipinski definition) is 6. The van der Waals surface area contributed by atoms with Crippen molar-refractivity contribution in [1.82, 2.24) is 0 Å². The number of carbonyl (C=O) groups is 3. The van der Waals surface area contributed by atoms with E-state index in [0.717, 1.165) is 12.8 Å². The molecule has 0 bridgehead atoms. The van der Waals surface area contributed by atoms with Crippen LogP contribution in [0.25, 0.3) is 0 Å². The number of unbranched alkanes of at least 4 members (excludes halogenated alkanes) is 1. The molecule has 2 amide bonds. The topological polar surface area (TPSA) is 103 Å². The Labute approximate surface area is 161 Å². The maximum atomic E-state index is 12.3. The van der Waals surface area contributed by atoms with Gasteiger partial charge in [0.15, 0.2) is 11.5 Å². The molecule has 1 aliphatic rings. The van der Waals surface area contributed by atoms with Crippen molar-refractivity contribution in [2.75, 3.05) is 24.0 Å². The van der Waals surface area contributed by atoms with Crippen molar-refractivity contribution in [2.45, 2.75) is 19.8 Å². The van der Waals surface area contributed by atoms with Crippen LogP contribution >= 0.6 is 0 Å². The second-order valence-electron chi connectivity index (χ2n) is 6.01. The van der Waals surface area contributed by atoms with E-state index in [1.807, 2.05) is 6.92 Å². The van der Waals surface area contributed by atoms with Crippen LogP contribution < -0.4 is 20.1 Å². The molecule has 28 heavy (non-hydrogen) atoms. The van der Waals surface area contributed by atoms with E-state index < -0.39 is 17.8 Å². The summed E-state index contributed by atoms with van der Waals surface area (Å²) < 4.78 is 15.6. The molecule has 0 radical (unpaired) electrons. The van der Waals surface area contributed by atoms with Gasteiger partial charge in [0.05, 0.1) is 17.9 Å². The largest absolute Gasteiger partial charge is 0.462 e. The van der Waals surface area contributed by atoms with Gasteiger partial charge >= 0.3 is 17.8 Å². The number of nitrogens with one attached hydrogen (secondary N) is 2. The summed E-state index contributed by atoms with van der Waals surface area (Å²) in [7, 11) is 0. The fraction of sp³-hybridized carbons (Fsp3) is 0.250. The maximum Gasteiger partial charge on any atom is 0.340 e. The molecular weight excluding hydrogens is 364 g/mol. The lowest BCUT2D eigenvalue weighted by atomic mass is 10.1. The molecular formula is C20H20N2O6. The molecule has 8 nitrogen and oxygen atoms in total. The number of rotatable bonds is 6. The highest BCUT2D eigenvalue weighted by Gasteiger charge is 2.20. The summed E-state index contributed by atoms with van der Waals surface area (Å²) in [5.74, 6) is -1.30. The van der Waals surface area contributed by atoms with Gasteiger partial charge in [-0.3, -0.25) is 9.59 Å². The Bertz CT molecular complexity index is 896. The molecule has 0 aromatic heterocycles. The number of carbonyl (C=O) groups excluding carboxylic acids is 3. The van der Waals surface area contributed by atoms with Gasteiger partial charge in [0.25, 0.3) is 0 Å². The molecule has 8 heteroatoms. The molecule has 0 saturated carbocycles. The molecule has 146 valence electrons. The van der Waals surface area contributed by atoms with E-state index in [9.17, 15) is 14.4 Å². The molecule has 0 atom stereocenters. The summed E-state index contributed by atoms with van der Waals surface area (Å²) in [6, 6.07) is 11.1. The van der Waals surface area contributed by atoms with E-state index in [-0.39, 0.29) is 18.0 Å². The van der Waals surface area contributed by atoms with E-state index in [2.05, 4.69) is 10.6 Å².